The Morgan fingerprint density at radius 2 is 1.92 bits per heavy atom. The van der Waals surface area contributed by atoms with Crippen molar-refractivity contribution in [3.63, 3.8) is 0 Å². The van der Waals surface area contributed by atoms with Gasteiger partial charge in [0.25, 0.3) is 0 Å². The minimum absolute atomic E-state index is 0.212. The van der Waals surface area contributed by atoms with Crippen molar-refractivity contribution in [2.75, 3.05) is 6.79 Å². The minimum Gasteiger partial charge on any atom is -0.454 e. The van der Waals surface area contributed by atoms with Crippen molar-refractivity contribution in [3.05, 3.63) is 58.1 Å². The molecule has 0 saturated carbocycles. The largest absolute Gasteiger partial charge is 0.454 e. The Bertz CT molecular complexity index is 796. The second kappa shape index (κ2) is 7.74. The normalized spacial score (nSPS) is 13.9. The van der Waals surface area contributed by atoms with E-state index in [0.29, 0.717) is 23.2 Å². The molecular weight excluding hydrogens is 384 g/mol. The number of hydrogen-bond donors (Lipinski definition) is 0. The van der Waals surface area contributed by atoms with Gasteiger partial charge in [-0.1, -0.05) is 41.9 Å². The molecule has 0 spiro atoms. The second-order valence-corrected chi connectivity index (χ2v) is 6.71. The zero-order chi connectivity index (χ0) is 17.8. The molecule has 0 fully saturated rings. The molecule has 0 amide bonds. The van der Waals surface area contributed by atoms with E-state index in [-0.39, 0.29) is 6.79 Å². The molecule has 0 unspecified atom stereocenters. The number of fused-ring (bicyclic) bond motifs is 1. The van der Waals surface area contributed by atoms with E-state index in [1.165, 1.54) is 11.6 Å². The lowest BCUT2D eigenvalue weighted by Crippen LogP contribution is -2.03. The maximum Gasteiger partial charge on any atom is 0.336 e. The number of ether oxygens (including phenoxy) is 3. The van der Waals surface area contributed by atoms with Crippen molar-refractivity contribution in [2.24, 2.45) is 0 Å². The van der Waals surface area contributed by atoms with E-state index >= 15 is 0 Å². The highest BCUT2D eigenvalue weighted by atomic mass is 79.9. The smallest absolute Gasteiger partial charge is 0.336 e. The van der Waals surface area contributed by atoms with Crippen LogP contribution in [0.1, 0.15) is 37.3 Å². The van der Waals surface area contributed by atoms with Crippen LogP contribution in [0.4, 0.5) is 0 Å². The van der Waals surface area contributed by atoms with Crippen LogP contribution in [0, 0.1) is 0 Å². The molecule has 1 atom stereocenters. The first-order valence-electron chi connectivity index (χ1n) is 8.16. The monoisotopic (exact) mass is 402 g/mol. The molecule has 3 rings (SSSR count). The topological polar surface area (TPSA) is 44.8 Å². The summed E-state index contributed by atoms with van der Waals surface area (Å²) in [6, 6.07) is 11.3. The molecule has 130 valence electrons. The molecule has 0 aliphatic carbocycles. The number of rotatable bonds is 5. The van der Waals surface area contributed by atoms with Gasteiger partial charge < -0.3 is 14.2 Å². The van der Waals surface area contributed by atoms with Crippen LogP contribution in [-0.2, 0) is 4.79 Å². The van der Waals surface area contributed by atoms with Crippen LogP contribution >= 0.6 is 15.9 Å². The summed E-state index contributed by atoms with van der Waals surface area (Å²) >= 11 is 3.46. The molecule has 2 aromatic rings. The number of carbonyl (C=O) groups is 1. The van der Waals surface area contributed by atoms with Gasteiger partial charge in [0.2, 0.25) is 6.79 Å². The van der Waals surface area contributed by atoms with Gasteiger partial charge in [-0.05, 0) is 53.8 Å². The number of esters is 1. The predicted octanol–water partition coefficient (Wildman–Crippen LogP) is 5.31. The van der Waals surface area contributed by atoms with Gasteiger partial charge >= 0.3 is 5.97 Å². The van der Waals surface area contributed by atoms with Crippen LogP contribution in [0.2, 0.25) is 0 Å². The molecule has 0 bridgehead atoms. The third-order valence-corrected chi connectivity index (χ3v) is 4.86. The Morgan fingerprint density at radius 3 is 2.60 bits per heavy atom. The quantitative estimate of drug-likeness (QED) is 0.386. The highest BCUT2D eigenvalue weighted by Crippen LogP contribution is 2.37. The Labute approximate surface area is 155 Å². The van der Waals surface area contributed by atoms with Crippen molar-refractivity contribution < 1.29 is 19.0 Å². The Balaban J connectivity index is 1.65. The van der Waals surface area contributed by atoms with Gasteiger partial charge in [0.15, 0.2) is 11.5 Å². The van der Waals surface area contributed by atoms with E-state index in [2.05, 4.69) is 29.8 Å². The fourth-order valence-electron chi connectivity index (χ4n) is 2.47. The van der Waals surface area contributed by atoms with E-state index in [1.807, 2.05) is 36.4 Å². The summed E-state index contributed by atoms with van der Waals surface area (Å²) in [6.07, 6.45) is 4.15. The summed E-state index contributed by atoms with van der Waals surface area (Å²) in [6.45, 7) is 4.54. The molecule has 0 radical (unpaired) electrons. The summed E-state index contributed by atoms with van der Waals surface area (Å²) in [5.74, 6) is 1.95. The maximum atomic E-state index is 12.0. The third kappa shape index (κ3) is 4.23. The summed E-state index contributed by atoms with van der Waals surface area (Å²) in [4.78, 5) is 12.0. The third-order valence-electron chi connectivity index (χ3n) is 4.17. The Hall–Kier alpha value is -2.27. The number of hydrogen-bond acceptors (Lipinski definition) is 4. The van der Waals surface area contributed by atoms with Crippen molar-refractivity contribution in [1.82, 2.24) is 0 Å². The first-order valence-corrected chi connectivity index (χ1v) is 8.95. The van der Waals surface area contributed by atoms with Gasteiger partial charge in [0.1, 0.15) is 5.75 Å². The number of carbonyl (C=O) groups excluding carboxylic acids is 1. The summed E-state index contributed by atoms with van der Waals surface area (Å²) in [5.41, 5.74) is 2.05. The summed E-state index contributed by atoms with van der Waals surface area (Å²) in [5, 5.41) is 0. The van der Waals surface area contributed by atoms with Gasteiger partial charge in [-0.15, -0.1) is 0 Å². The van der Waals surface area contributed by atoms with Gasteiger partial charge in [0, 0.05) is 10.5 Å². The molecule has 0 aromatic heterocycles. The van der Waals surface area contributed by atoms with E-state index in [0.717, 1.165) is 16.5 Å². The van der Waals surface area contributed by atoms with Crippen LogP contribution in [0.5, 0.6) is 17.2 Å². The zero-order valence-electron chi connectivity index (χ0n) is 14.1. The molecule has 0 saturated heterocycles. The molecule has 1 aliphatic heterocycles. The Morgan fingerprint density at radius 1 is 1.24 bits per heavy atom. The van der Waals surface area contributed by atoms with Gasteiger partial charge in [-0.25, -0.2) is 4.79 Å². The molecule has 2 aromatic carbocycles. The predicted molar refractivity (Wildman–Crippen MR) is 100 cm³/mol. The van der Waals surface area contributed by atoms with E-state index < -0.39 is 5.97 Å². The highest BCUT2D eigenvalue weighted by Gasteiger charge is 2.15. The van der Waals surface area contributed by atoms with E-state index in [9.17, 15) is 4.79 Å². The molecule has 25 heavy (non-hydrogen) atoms. The van der Waals surface area contributed by atoms with E-state index in [4.69, 9.17) is 14.2 Å². The number of halogens is 1. The van der Waals surface area contributed by atoms with Gasteiger partial charge in [-0.2, -0.15) is 0 Å². The average molecular weight is 403 g/mol. The van der Waals surface area contributed by atoms with E-state index in [1.54, 1.807) is 6.08 Å². The lowest BCUT2D eigenvalue weighted by Gasteiger charge is -2.09. The first-order chi connectivity index (χ1) is 12.1. The minimum atomic E-state index is -0.430. The molecular formula is C20H19BrO4. The molecule has 1 aliphatic rings. The highest BCUT2D eigenvalue weighted by molar-refractivity contribution is 9.10. The van der Waals surface area contributed by atoms with Crippen LogP contribution in [0.15, 0.2) is 46.9 Å². The molecule has 4 nitrogen and oxygen atoms in total. The van der Waals surface area contributed by atoms with Crippen molar-refractivity contribution in [3.8, 4) is 17.2 Å². The van der Waals surface area contributed by atoms with Crippen LogP contribution < -0.4 is 14.2 Å². The fraction of sp³-hybridized carbons (Fsp3) is 0.250. The van der Waals surface area contributed by atoms with Gasteiger partial charge in [0.05, 0.1) is 0 Å². The average Bonchev–Trinajstić information content (AvgIpc) is 3.06. The standard InChI is InChI=1S/C20H19BrO4/c1-3-13(2)14-4-7-16(8-5-14)25-20(22)9-6-15-10-18-19(11-17(15)21)24-12-23-18/h4-11,13H,3,12H2,1-2H3/b9-6+/t13-/m1/s1. The lowest BCUT2D eigenvalue weighted by atomic mass is 9.99. The second-order valence-electron chi connectivity index (χ2n) is 5.86. The lowest BCUT2D eigenvalue weighted by molar-refractivity contribution is -0.128. The van der Waals surface area contributed by atoms with Crippen LogP contribution in [-0.4, -0.2) is 12.8 Å². The first kappa shape index (κ1) is 17.5. The molecule has 1 heterocycles. The van der Waals surface area contributed by atoms with Crippen LogP contribution in [0.25, 0.3) is 6.08 Å². The number of benzene rings is 2. The van der Waals surface area contributed by atoms with Crippen molar-refractivity contribution in [2.45, 2.75) is 26.2 Å². The van der Waals surface area contributed by atoms with Gasteiger partial charge in [-0.3, -0.25) is 0 Å². The molecule has 5 heteroatoms. The molecule has 0 N–H and O–H groups in total. The summed E-state index contributed by atoms with van der Waals surface area (Å²) < 4.78 is 16.8. The maximum absolute atomic E-state index is 12.0. The zero-order valence-corrected chi connectivity index (χ0v) is 15.7. The van der Waals surface area contributed by atoms with Crippen molar-refractivity contribution >= 4 is 28.0 Å². The SMILES string of the molecule is CC[C@@H](C)c1ccc(OC(=O)/C=C/c2cc3c(cc2Br)OCO3)cc1. The fourth-order valence-corrected chi connectivity index (χ4v) is 2.92. The van der Waals surface area contributed by atoms with Crippen molar-refractivity contribution in [1.29, 1.82) is 0 Å². The van der Waals surface area contributed by atoms with Crippen LogP contribution in [0.3, 0.4) is 0 Å². The summed E-state index contributed by atoms with van der Waals surface area (Å²) in [7, 11) is 0. The Kier molecular flexibility index (Phi) is 5.43.